The molecular formula is C27H44N3O6P. The van der Waals surface area contributed by atoms with Gasteiger partial charge in [-0.05, 0) is 68.5 Å². The van der Waals surface area contributed by atoms with Crippen molar-refractivity contribution in [1.29, 1.82) is 0 Å². The third-order valence-electron chi connectivity index (χ3n) is 5.36. The first kappa shape index (κ1) is 34.1. The molecule has 9 nitrogen and oxygen atoms in total. The van der Waals surface area contributed by atoms with Crippen LogP contribution in [-0.2, 0) is 15.9 Å². The average Bonchev–Trinajstić information content (AvgIpc) is 2.86. The minimum absolute atomic E-state index is 0.252. The van der Waals surface area contributed by atoms with Gasteiger partial charge in [-0.1, -0.05) is 38.5 Å². The maximum absolute atomic E-state index is 12.0. The van der Waals surface area contributed by atoms with E-state index in [-0.39, 0.29) is 17.5 Å². The van der Waals surface area contributed by atoms with Crippen LogP contribution in [-0.4, -0.2) is 52.9 Å². The Hall–Kier alpha value is -2.87. The Balaban J connectivity index is 0.000000894. The largest absolute Gasteiger partial charge is 0.508 e. The number of amides is 1. The number of anilines is 1. The van der Waals surface area contributed by atoms with Crippen molar-refractivity contribution >= 4 is 25.4 Å². The summed E-state index contributed by atoms with van der Waals surface area (Å²) in [5.41, 5.74) is 9.17. The summed E-state index contributed by atoms with van der Waals surface area (Å²) in [6.45, 7) is 9.50. The molecule has 208 valence electrons. The molecule has 2 aromatic carbocycles. The van der Waals surface area contributed by atoms with Crippen molar-refractivity contribution in [3.05, 3.63) is 58.7 Å². The molecule has 1 unspecified atom stereocenters. The van der Waals surface area contributed by atoms with Gasteiger partial charge in [0.15, 0.2) is 0 Å². The van der Waals surface area contributed by atoms with Crippen LogP contribution >= 0.6 is 7.37 Å². The van der Waals surface area contributed by atoms with Crippen molar-refractivity contribution in [2.75, 3.05) is 31.1 Å². The summed E-state index contributed by atoms with van der Waals surface area (Å²) >= 11 is 0. The van der Waals surface area contributed by atoms with Gasteiger partial charge in [-0.3, -0.25) is 9.36 Å². The molecule has 0 heterocycles. The van der Waals surface area contributed by atoms with E-state index in [1.807, 2.05) is 39.8 Å². The van der Waals surface area contributed by atoms with Crippen LogP contribution in [0.4, 0.5) is 5.69 Å². The molecule has 2 aromatic rings. The van der Waals surface area contributed by atoms with E-state index in [0.717, 1.165) is 29.5 Å². The van der Waals surface area contributed by atoms with E-state index in [1.165, 1.54) is 0 Å². The molecule has 1 atom stereocenters. The van der Waals surface area contributed by atoms with Gasteiger partial charge >= 0.3 is 5.97 Å². The van der Waals surface area contributed by atoms with E-state index in [9.17, 15) is 19.0 Å². The Labute approximate surface area is 220 Å². The first-order valence-corrected chi connectivity index (χ1v) is 14.6. The first-order valence-electron chi connectivity index (χ1n) is 12.6. The molecule has 0 aliphatic rings. The number of carbonyl (C=O) groups is 2. The quantitative estimate of drug-likeness (QED) is 0.0877. The predicted molar refractivity (Wildman–Crippen MR) is 151 cm³/mol. The third kappa shape index (κ3) is 15.8. The summed E-state index contributed by atoms with van der Waals surface area (Å²) in [5.74, 6) is -0.687. The number of nitrogen functional groups attached to an aromatic ring is 1. The number of benzene rings is 2. The number of phenols is 1. The van der Waals surface area contributed by atoms with E-state index < -0.39 is 13.3 Å². The molecule has 1 amide bonds. The van der Waals surface area contributed by atoms with Gasteiger partial charge in [0.05, 0.1) is 5.56 Å². The summed E-state index contributed by atoms with van der Waals surface area (Å²) in [4.78, 5) is 30.9. The number of carboxylic acid groups (broad SMARTS) is 1. The lowest BCUT2D eigenvalue weighted by Gasteiger charge is -2.12. The summed E-state index contributed by atoms with van der Waals surface area (Å²) in [6, 6.07) is 10.1. The van der Waals surface area contributed by atoms with Crippen LogP contribution in [0.1, 0.15) is 66.6 Å². The number of hydrogen-bond acceptors (Lipinski definition) is 6. The van der Waals surface area contributed by atoms with E-state index in [1.54, 1.807) is 24.3 Å². The molecule has 7 N–H and O–H groups in total. The van der Waals surface area contributed by atoms with Crippen molar-refractivity contribution in [3.63, 3.8) is 0 Å². The van der Waals surface area contributed by atoms with Crippen molar-refractivity contribution in [3.8, 4) is 5.75 Å². The molecule has 0 aliphatic carbocycles. The zero-order chi connectivity index (χ0) is 28.3. The number of aryl methyl sites for hydroxylation is 2. The molecule has 0 aliphatic heterocycles. The number of aromatic carboxylic acids is 1. The van der Waals surface area contributed by atoms with Crippen LogP contribution in [0.3, 0.4) is 0 Å². The topological polar surface area (TPSA) is 162 Å². The Kier molecular flexibility index (Phi) is 17.8. The van der Waals surface area contributed by atoms with Crippen LogP contribution in [0.2, 0.25) is 0 Å². The SMILES string of the molecule is CC.Cc1cc(C)c(O)cc1N.O=CNCCCCCP(=O)(O)CCCNCc1cccc(C(=O)O)c1. The number of rotatable bonds is 14. The van der Waals surface area contributed by atoms with Gasteiger partial charge in [0.1, 0.15) is 5.75 Å². The van der Waals surface area contributed by atoms with Gasteiger partial charge < -0.3 is 31.5 Å². The fourth-order valence-electron chi connectivity index (χ4n) is 3.29. The molecule has 10 heteroatoms. The maximum atomic E-state index is 12.0. The Morgan fingerprint density at radius 2 is 1.68 bits per heavy atom. The second-order valence-corrected chi connectivity index (χ2v) is 11.0. The zero-order valence-corrected chi connectivity index (χ0v) is 23.4. The second kappa shape index (κ2) is 19.3. The molecular weight excluding hydrogens is 493 g/mol. The van der Waals surface area contributed by atoms with Gasteiger partial charge in [0.2, 0.25) is 13.8 Å². The van der Waals surface area contributed by atoms with Crippen LogP contribution in [0, 0.1) is 13.8 Å². The highest BCUT2D eigenvalue weighted by Gasteiger charge is 2.16. The summed E-state index contributed by atoms with van der Waals surface area (Å²) in [7, 11) is -3.09. The van der Waals surface area contributed by atoms with E-state index in [2.05, 4.69) is 10.6 Å². The predicted octanol–water partition coefficient (Wildman–Crippen LogP) is 4.67. The van der Waals surface area contributed by atoms with Gasteiger partial charge in [0.25, 0.3) is 0 Å². The fraction of sp³-hybridized carbons (Fsp3) is 0.481. The Morgan fingerprint density at radius 1 is 1.00 bits per heavy atom. The molecule has 0 saturated carbocycles. The molecule has 0 saturated heterocycles. The molecule has 0 bridgehead atoms. The fourth-order valence-corrected chi connectivity index (χ4v) is 4.88. The van der Waals surface area contributed by atoms with Gasteiger partial charge in [-0.2, -0.15) is 0 Å². The number of nitrogens with two attached hydrogens (primary N) is 1. The van der Waals surface area contributed by atoms with Gasteiger partial charge in [0, 0.05) is 37.2 Å². The number of nitrogens with one attached hydrogen (secondary N) is 2. The average molecular weight is 538 g/mol. The lowest BCUT2D eigenvalue weighted by molar-refractivity contribution is -0.109. The number of carboxylic acids is 1. The van der Waals surface area contributed by atoms with E-state index >= 15 is 0 Å². The Morgan fingerprint density at radius 3 is 2.30 bits per heavy atom. The summed E-state index contributed by atoms with van der Waals surface area (Å²) in [6.07, 6.45) is 4.17. The number of carbonyl (C=O) groups excluding carboxylic acids is 1. The van der Waals surface area contributed by atoms with Crippen LogP contribution in [0.15, 0.2) is 36.4 Å². The number of hydrogen-bond donors (Lipinski definition) is 6. The molecule has 2 rings (SSSR count). The highest BCUT2D eigenvalue weighted by atomic mass is 31.2. The molecule has 37 heavy (non-hydrogen) atoms. The van der Waals surface area contributed by atoms with Crippen molar-refractivity contribution in [2.45, 2.75) is 59.9 Å². The number of aromatic hydroxyl groups is 1. The normalized spacial score (nSPS) is 11.7. The van der Waals surface area contributed by atoms with Gasteiger partial charge in [-0.15, -0.1) is 0 Å². The maximum Gasteiger partial charge on any atom is 0.335 e. The minimum Gasteiger partial charge on any atom is -0.508 e. The molecule has 0 radical (unpaired) electrons. The molecule has 0 spiro atoms. The number of phenolic OH excluding ortho intramolecular Hbond substituents is 1. The monoisotopic (exact) mass is 537 g/mol. The van der Waals surface area contributed by atoms with E-state index in [4.69, 9.17) is 15.9 Å². The smallest absolute Gasteiger partial charge is 0.335 e. The Bertz CT molecular complexity index is 950. The van der Waals surface area contributed by atoms with Crippen molar-refractivity contribution in [2.24, 2.45) is 0 Å². The van der Waals surface area contributed by atoms with Crippen LogP contribution in [0.25, 0.3) is 0 Å². The van der Waals surface area contributed by atoms with Crippen molar-refractivity contribution < 1.29 is 29.3 Å². The standard InChI is InChI=1S/C17H27N2O5P.C8H11NO.C2H6/c20-14-19-8-2-1-3-10-25(23,24)11-5-9-18-13-15-6-4-7-16(12-15)17(21)22;1-5-3-6(2)8(10)4-7(5)9;1-2/h4,6-7,12,14,18H,1-3,5,8-11,13H2,(H,19,20)(H,21,22)(H,23,24);3-4,10H,9H2,1-2H3;1-2H3. The summed E-state index contributed by atoms with van der Waals surface area (Å²) in [5, 5.41) is 23.8. The minimum atomic E-state index is -3.09. The first-order chi connectivity index (χ1) is 17.6. The van der Waals surface area contributed by atoms with Crippen LogP contribution < -0.4 is 16.4 Å². The lowest BCUT2D eigenvalue weighted by Crippen LogP contribution is -2.16. The van der Waals surface area contributed by atoms with Crippen LogP contribution in [0.5, 0.6) is 5.75 Å². The molecule has 0 fully saturated rings. The third-order valence-corrected chi connectivity index (χ3v) is 7.39. The summed E-state index contributed by atoms with van der Waals surface area (Å²) < 4.78 is 12.0. The molecule has 0 aromatic heterocycles. The zero-order valence-electron chi connectivity index (χ0n) is 22.5. The van der Waals surface area contributed by atoms with E-state index in [0.29, 0.717) is 50.7 Å². The lowest BCUT2D eigenvalue weighted by atomic mass is 10.1. The highest BCUT2D eigenvalue weighted by molar-refractivity contribution is 7.57. The van der Waals surface area contributed by atoms with Crippen molar-refractivity contribution in [1.82, 2.24) is 10.6 Å². The second-order valence-electron chi connectivity index (χ2n) is 8.46. The highest BCUT2D eigenvalue weighted by Crippen LogP contribution is 2.41. The number of unbranched alkanes of at least 4 members (excludes halogenated alkanes) is 2. The van der Waals surface area contributed by atoms with Gasteiger partial charge in [-0.25, -0.2) is 4.79 Å².